The van der Waals surface area contributed by atoms with Crippen molar-refractivity contribution in [1.82, 2.24) is 4.98 Å². The van der Waals surface area contributed by atoms with Gasteiger partial charge < -0.3 is 4.98 Å². The van der Waals surface area contributed by atoms with E-state index >= 15 is 0 Å². The quantitative estimate of drug-likeness (QED) is 0.740. The maximum atomic E-state index is 12.4. The van der Waals surface area contributed by atoms with Crippen molar-refractivity contribution in [2.24, 2.45) is 0 Å². The van der Waals surface area contributed by atoms with E-state index < -0.39 is 9.84 Å². The Bertz CT molecular complexity index is 894. The number of hydrogen-bond acceptors (Lipinski definition) is 2. The summed E-state index contributed by atoms with van der Waals surface area (Å²) in [6.45, 7) is 1.95. The zero-order valence-corrected chi connectivity index (χ0v) is 14.5. The van der Waals surface area contributed by atoms with Crippen LogP contribution in [0.4, 0.5) is 0 Å². The summed E-state index contributed by atoms with van der Waals surface area (Å²) in [6, 6.07) is 21.2. The number of sulfone groups is 1. The molecule has 3 nitrogen and oxygen atoms in total. The zero-order valence-electron chi connectivity index (χ0n) is 13.7. The third kappa shape index (κ3) is 4.15. The summed E-state index contributed by atoms with van der Waals surface area (Å²) in [4.78, 5) is 3.72. The molecule has 0 aliphatic rings. The van der Waals surface area contributed by atoms with E-state index in [4.69, 9.17) is 0 Å². The molecule has 0 unspecified atom stereocenters. The van der Waals surface area contributed by atoms with Crippen LogP contribution in [-0.2, 0) is 22.7 Å². The fourth-order valence-corrected chi connectivity index (χ4v) is 3.94. The van der Waals surface area contributed by atoms with Gasteiger partial charge in [-0.05, 0) is 36.8 Å². The normalized spacial score (nSPS) is 11.5. The number of rotatable bonds is 6. The van der Waals surface area contributed by atoms with E-state index in [-0.39, 0.29) is 5.75 Å². The number of benzene rings is 2. The van der Waals surface area contributed by atoms with Crippen LogP contribution >= 0.6 is 0 Å². The van der Waals surface area contributed by atoms with Crippen molar-refractivity contribution in [2.45, 2.75) is 24.7 Å². The maximum Gasteiger partial charge on any atom is 0.178 e. The average Bonchev–Trinajstić information content (AvgIpc) is 3.02. The second-order valence-electron chi connectivity index (χ2n) is 6.05. The standard InChI is InChI=1S/C20H21NO2S/c1-16-7-11-20(12-8-16)24(22,23)14-13-18-9-10-19(21-18)15-17-5-3-2-4-6-17/h2-12,21H,13-15H2,1H3. The molecule has 0 aliphatic heterocycles. The van der Waals surface area contributed by atoms with Crippen molar-refractivity contribution in [1.29, 1.82) is 0 Å². The van der Waals surface area contributed by atoms with Crippen LogP contribution < -0.4 is 0 Å². The highest BCUT2D eigenvalue weighted by atomic mass is 32.2. The van der Waals surface area contributed by atoms with Gasteiger partial charge >= 0.3 is 0 Å². The molecule has 1 heterocycles. The number of aryl methyl sites for hydroxylation is 2. The SMILES string of the molecule is Cc1ccc(S(=O)(=O)CCc2ccc(Cc3ccccc3)[nH]2)cc1. The van der Waals surface area contributed by atoms with Crippen LogP contribution in [-0.4, -0.2) is 19.2 Å². The minimum Gasteiger partial charge on any atom is -0.362 e. The van der Waals surface area contributed by atoms with Crippen molar-refractivity contribution in [3.63, 3.8) is 0 Å². The van der Waals surface area contributed by atoms with E-state index in [1.165, 1.54) is 5.56 Å². The van der Waals surface area contributed by atoms with E-state index in [2.05, 4.69) is 17.1 Å². The van der Waals surface area contributed by atoms with Gasteiger partial charge in [0.25, 0.3) is 0 Å². The van der Waals surface area contributed by atoms with Crippen molar-refractivity contribution >= 4 is 9.84 Å². The van der Waals surface area contributed by atoms with Gasteiger partial charge in [0.15, 0.2) is 9.84 Å². The van der Waals surface area contributed by atoms with Crippen LogP contribution in [0.1, 0.15) is 22.5 Å². The molecule has 0 fully saturated rings. The molecule has 24 heavy (non-hydrogen) atoms. The van der Waals surface area contributed by atoms with Crippen LogP contribution in [0.3, 0.4) is 0 Å². The molecule has 0 bridgehead atoms. The van der Waals surface area contributed by atoms with Crippen LogP contribution in [0.2, 0.25) is 0 Å². The predicted octanol–water partition coefficient (Wildman–Crippen LogP) is 3.93. The zero-order chi connectivity index (χ0) is 17.0. The molecule has 124 valence electrons. The molecule has 0 aliphatic carbocycles. The number of aromatic nitrogens is 1. The lowest BCUT2D eigenvalue weighted by atomic mass is 10.1. The van der Waals surface area contributed by atoms with E-state index in [1.54, 1.807) is 12.1 Å². The second-order valence-corrected chi connectivity index (χ2v) is 8.16. The number of H-pyrrole nitrogens is 1. The summed E-state index contributed by atoms with van der Waals surface area (Å²) < 4.78 is 24.8. The van der Waals surface area contributed by atoms with Crippen LogP contribution in [0.15, 0.2) is 71.6 Å². The van der Waals surface area contributed by atoms with E-state index in [1.807, 2.05) is 49.4 Å². The third-order valence-corrected chi connectivity index (χ3v) is 5.80. The lowest BCUT2D eigenvalue weighted by molar-refractivity contribution is 0.595. The Morgan fingerprint density at radius 1 is 0.833 bits per heavy atom. The summed E-state index contributed by atoms with van der Waals surface area (Å²) in [6.07, 6.45) is 1.32. The summed E-state index contributed by atoms with van der Waals surface area (Å²) in [7, 11) is -3.24. The summed E-state index contributed by atoms with van der Waals surface area (Å²) in [5.41, 5.74) is 4.35. The highest BCUT2D eigenvalue weighted by Crippen LogP contribution is 2.15. The third-order valence-electron chi connectivity index (χ3n) is 4.06. The average molecular weight is 339 g/mol. The van der Waals surface area contributed by atoms with Gasteiger partial charge in [-0.1, -0.05) is 48.0 Å². The Labute approximate surface area is 143 Å². The van der Waals surface area contributed by atoms with Crippen LogP contribution in [0.5, 0.6) is 0 Å². The van der Waals surface area contributed by atoms with E-state index in [0.29, 0.717) is 11.3 Å². The Morgan fingerprint density at radius 2 is 1.50 bits per heavy atom. The highest BCUT2D eigenvalue weighted by Gasteiger charge is 2.14. The predicted molar refractivity (Wildman–Crippen MR) is 97.0 cm³/mol. The van der Waals surface area contributed by atoms with Gasteiger partial charge in [-0.2, -0.15) is 0 Å². The van der Waals surface area contributed by atoms with Crippen molar-refractivity contribution < 1.29 is 8.42 Å². The second kappa shape index (κ2) is 7.05. The van der Waals surface area contributed by atoms with Gasteiger partial charge in [-0.3, -0.25) is 0 Å². The van der Waals surface area contributed by atoms with Crippen molar-refractivity contribution in [3.8, 4) is 0 Å². The molecule has 0 saturated heterocycles. The van der Waals surface area contributed by atoms with Crippen LogP contribution in [0.25, 0.3) is 0 Å². The Balaban J connectivity index is 1.64. The van der Waals surface area contributed by atoms with Crippen molar-refractivity contribution in [2.75, 3.05) is 5.75 Å². The first-order valence-corrected chi connectivity index (χ1v) is 9.68. The number of nitrogens with one attached hydrogen (secondary N) is 1. The van der Waals surface area contributed by atoms with Gasteiger partial charge in [0.2, 0.25) is 0 Å². The molecule has 3 aromatic rings. The Kier molecular flexibility index (Phi) is 4.86. The highest BCUT2D eigenvalue weighted by molar-refractivity contribution is 7.91. The van der Waals surface area contributed by atoms with Gasteiger partial charge in [0.05, 0.1) is 10.6 Å². The summed E-state index contributed by atoms with van der Waals surface area (Å²) in [5, 5.41) is 0. The van der Waals surface area contributed by atoms with Gasteiger partial charge in [0, 0.05) is 24.2 Å². The van der Waals surface area contributed by atoms with Crippen molar-refractivity contribution in [3.05, 3.63) is 89.2 Å². The first-order valence-electron chi connectivity index (χ1n) is 8.03. The fraction of sp³-hybridized carbons (Fsp3) is 0.200. The number of hydrogen-bond donors (Lipinski definition) is 1. The summed E-state index contributed by atoms with van der Waals surface area (Å²) in [5.74, 6) is 0.112. The topological polar surface area (TPSA) is 49.9 Å². The molecule has 1 aromatic heterocycles. The van der Waals surface area contributed by atoms with Gasteiger partial charge in [-0.15, -0.1) is 0 Å². The smallest absolute Gasteiger partial charge is 0.178 e. The van der Waals surface area contributed by atoms with E-state index in [9.17, 15) is 8.42 Å². The molecule has 0 saturated carbocycles. The Hall–Kier alpha value is -2.33. The number of aromatic amines is 1. The lowest BCUT2D eigenvalue weighted by Crippen LogP contribution is -2.09. The summed E-state index contributed by atoms with van der Waals surface area (Å²) >= 11 is 0. The minimum atomic E-state index is -3.24. The molecule has 0 atom stereocenters. The molecule has 2 aromatic carbocycles. The molecule has 0 amide bonds. The van der Waals surface area contributed by atoms with Gasteiger partial charge in [-0.25, -0.2) is 8.42 Å². The molecule has 0 radical (unpaired) electrons. The maximum absolute atomic E-state index is 12.4. The van der Waals surface area contributed by atoms with Crippen LogP contribution in [0, 0.1) is 6.92 Å². The molecule has 1 N–H and O–H groups in total. The molecule has 3 rings (SSSR count). The largest absolute Gasteiger partial charge is 0.362 e. The monoisotopic (exact) mass is 339 g/mol. The first-order chi connectivity index (χ1) is 11.5. The lowest BCUT2D eigenvalue weighted by Gasteiger charge is -2.04. The van der Waals surface area contributed by atoms with Gasteiger partial charge in [0.1, 0.15) is 0 Å². The fourth-order valence-electron chi connectivity index (χ4n) is 2.66. The molecule has 0 spiro atoms. The molecular formula is C20H21NO2S. The molecule has 4 heteroatoms. The Morgan fingerprint density at radius 3 is 2.21 bits per heavy atom. The minimum absolute atomic E-state index is 0.112. The first kappa shape index (κ1) is 16.5. The molecular weight excluding hydrogens is 318 g/mol. The van der Waals surface area contributed by atoms with E-state index in [0.717, 1.165) is 23.4 Å².